The van der Waals surface area contributed by atoms with Crippen molar-refractivity contribution in [3.05, 3.63) is 35.4 Å². The number of nitrogens with one attached hydrogen (secondary N) is 1. The van der Waals surface area contributed by atoms with Crippen molar-refractivity contribution in [3.63, 3.8) is 0 Å². The molecule has 1 aromatic carbocycles. The third kappa shape index (κ3) is 3.25. The molecule has 0 fully saturated rings. The lowest BCUT2D eigenvalue weighted by Crippen LogP contribution is -2.17. The van der Waals surface area contributed by atoms with Gasteiger partial charge in [0.05, 0.1) is 0 Å². The topological polar surface area (TPSA) is 32.3 Å². The Morgan fingerprint density at radius 1 is 1.33 bits per heavy atom. The van der Waals surface area contributed by atoms with Gasteiger partial charge in [-0.05, 0) is 37.6 Å². The molecule has 1 unspecified atom stereocenters. The minimum atomic E-state index is -0.837. The summed E-state index contributed by atoms with van der Waals surface area (Å²) in [7, 11) is 1.75. The highest BCUT2D eigenvalue weighted by atomic mass is 19.2. The Bertz CT molecular complexity index is 317. The molecule has 0 aromatic heterocycles. The second-order valence-electron chi connectivity index (χ2n) is 3.38. The Labute approximate surface area is 87.9 Å². The van der Waals surface area contributed by atoms with E-state index in [1.54, 1.807) is 13.1 Å². The summed E-state index contributed by atoms with van der Waals surface area (Å²) in [6.45, 7) is 0.0991. The highest BCUT2D eigenvalue weighted by Crippen LogP contribution is 2.19. The van der Waals surface area contributed by atoms with Crippen LogP contribution in [-0.4, -0.2) is 18.8 Å². The molecule has 84 valence electrons. The Balaban J connectivity index is 2.78. The van der Waals surface area contributed by atoms with Crippen molar-refractivity contribution in [1.82, 2.24) is 5.32 Å². The van der Waals surface area contributed by atoms with Gasteiger partial charge in [0.1, 0.15) is 0 Å². The van der Waals surface area contributed by atoms with Crippen molar-refractivity contribution < 1.29 is 13.9 Å². The summed E-state index contributed by atoms with van der Waals surface area (Å²) in [6, 6.07) is 3.81. The molecule has 0 bridgehead atoms. The number of hydrogen-bond donors (Lipinski definition) is 2. The first kappa shape index (κ1) is 12.1. The van der Waals surface area contributed by atoms with Gasteiger partial charge in [-0.1, -0.05) is 6.07 Å². The van der Waals surface area contributed by atoms with E-state index in [0.29, 0.717) is 18.4 Å². The summed E-state index contributed by atoms with van der Waals surface area (Å²) in [5.74, 6) is -1.67. The average Bonchev–Trinajstić information content (AvgIpc) is 2.24. The molecule has 0 aliphatic carbocycles. The summed E-state index contributed by atoms with van der Waals surface area (Å²) in [5, 5.41) is 11.7. The van der Waals surface area contributed by atoms with Crippen LogP contribution in [-0.2, 0) is 0 Å². The predicted octanol–water partition coefficient (Wildman–Crippen LogP) is 2.00. The maximum absolute atomic E-state index is 12.9. The quantitative estimate of drug-likeness (QED) is 0.787. The molecular formula is C11H15F2NO. The number of halogens is 2. The fraction of sp³-hybridized carbons (Fsp3) is 0.455. The maximum atomic E-state index is 12.9. The van der Waals surface area contributed by atoms with Gasteiger partial charge < -0.3 is 10.4 Å². The van der Waals surface area contributed by atoms with Crippen LogP contribution in [0.5, 0.6) is 0 Å². The maximum Gasteiger partial charge on any atom is 0.159 e. The smallest absolute Gasteiger partial charge is 0.159 e. The standard InChI is InChI=1S/C11H15F2NO/c1-14-11(3-2-6-15)8-4-5-9(12)10(13)7-8/h4-5,7,11,14-15H,2-3,6H2,1H3. The van der Waals surface area contributed by atoms with E-state index in [2.05, 4.69) is 5.32 Å². The van der Waals surface area contributed by atoms with Crippen LogP contribution < -0.4 is 5.32 Å². The largest absolute Gasteiger partial charge is 0.396 e. The van der Waals surface area contributed by atoms with E-state index in [0.717, 1.165) is 6.07 Å². The van der Waals surface area contributed by atoms with Gasteiger partial charge in [-0.2, -0.15) is 0 Å². The lowest BCUT2D eigenvalue weighted by atomic mass is 10.0. The first-order valence-corrected chi connectivity index (χ1v) is 4.92. The summed E-state index contributed by atoms with van der Waals surface area (Å²) < 4.78 is 25.6. The number of aliphatic hydroxyl groups is 1. The minimum Gasteiger partial charge on any atom is -0.396 e. The molecule has 2 N–H and O–H groups in total. The normalized spacial score (nSPS) is 12.8. The van der Waals surface area contributed by atoms with Gasteiger partial charge in [0.15, 0.2) is 11.6 Å². The van der Waals surface area contributed by atoms with E-state index in [9.17, 15) is 8.78 Å². The van der Waals surface area contributed by atoms with Crippen molar-refractivity contribution in [1.29, 1.82) is 0 Å². The molecule has 2 nitrogen and oxygen atoms in total. The second-order valence-corrected chi connectivity index (χ2v) is 3.38. The molecule has 0 spiro atoms. The monoisotopic (exact) mass is 215 g/mol. The Morgan fingerprint density at radius 3 is 2.60 bits per heavy atom. The molecule has 1 aromatic rings. The molecule has 1 atom stereocenters. The molecule has 15 heavy (non-hydrogen) atoms. The van der Waals surface area contributed by atoms with Crippen LogP contribution in [0.3, 0.4) is 0 Å². The minimum absolute atomic E-state index is 0.0488. The van der Waals surface area contributed by atoms with E-state index in [1.165, 1.54) is 6.07 Å². The van der Waals surface area contributed by atoms with Gasteiger partial charge in [-0.25, -0.2) is 8.78 Å². The Hall–Kier alpha value is -1.00. The number of rotatable bonds is 5. The van der Waals surface area contributed by atoms with Crippen molar-refractivity contribution in [2.24, 2.45) is 0 Å². The zero-order valence-electron chi connectivity index (χ0n) is 8.63. The van der Waals surface area contributed by atoms with Crippen molar-refractivity contribution >= 4 is 0 Å². The SMILES string of the molecule is CNC(CCCO)c1ccc(F)c(F)c1. The average molecular weight is 215 g/mol. The first-order chi connectivity index (χ1) is 7.19. The molecule has 0 aliphatic rings. The van der Waals surface area contributed by atoms with Crippen molar-refractivity contribution in [2.45, 2.75) is 18.9 Å². The first-order valence-electron chi connectivity index (χ1n) is 4.92. The van der Waals surface area contributed by atoms with Crippen LogP contribution >= 0.6 is 0 Å². The van der Waals surface area contributed by atoms with Gasteiger partial charge in [0.2, 0.25) is 0 Å². The van der Waals surface area contributed by atoms with E-state index in [-0.39, 0.29) is 12.6 Å². The van der Waals surface area contributed by atoms with E-state index >= 15 is 0 Å². The Morgan fingerprint density at radius 2 is 2.07 bits per heavy atom. The summed E-state index contributed by atoms with van der Waals surface area (Å²) >= 11 is 0. The van der Waals surface area contributed by atoms with Crippen LogP contribution in [0.2, 0.25) is 0 Å². The summed E-state index contributed by atoms with van der Waals surface area (Å²) in [6.07, 6.45) is 1.32. The molecular weight excluding hydrogens is 200 g/mol. The molecule has 0 aliphatic heterocycles. The second kappa shape index (κ2) is 5.78. The third-order valence-electron chi connectivity index (χ3n) is 2.35. The summed E-state index contributed by atoms with van der Waals surface area (Å²) in [4.78, 5) is 0. The third-order valence-corrected chi connectivity index (χ3v) is 2.35. The predicted molar refractivity (Wildman–Crippen MR) is 54.5 cm³/mol. The fourth-order valence-corrected chi connectivity index (χ4v) is 1.50. The van der Waals surface area contributed by atoms with Gasteiger partial charge >= 0.3 is 0 Å². The van der Waals surface area contributed by atoms with Gasteiger partial charge in [-0.15, -0.1) is 0 Å². The van der Waals surface area contributed by atoms with Crippen molar-refractivity contribution in [3.8, 4) is 0 Å². The number of aliphatic hydroxyl groups excluding tert-OH is 1. The van der Waals surface area contributed by atoms with E-state index < -0.39 is 11.6 Å². The highest BCUT2D eigenvalue weighted by molar-refractivity contribution is 5.21. The van der Waals surface area contributed by atoms with Crippen LogP contribution in [0.4, 0.5) is 8.78 Å². The fourth-order valence-electron chi connectivity index (χ4n) is 1.50. The molecule has 0 amide bonds. The lowest BCUT2D eigenvalue weighted by molar-refractivity contribution is 0.276. The zero-order chi connectivity index (χ0) is 11.3. The van der Waals surface area contributed by atoms with Gasteiger partial charge in [0, 0.05) is 12.6 Å². The highest BCUT2D eigenvalue weighted by Gasteiger charge is 2.11. The summed E-state index contributed by atoms with van der Waals surface area (Å²) in [5.41, 5.74) is 0.699. The molecule has 4 heteroatoms. The van der Waals surface area contributed by atoms with Crippen LogP contribution in [0.15, 0.2) is 18.2 Å². The van der Waals surface area contributed by atoms with Crippen LogP contribution in [0.25, 0.3) is 0 Å². The van der Waals surface area contributed by atoms with Gasteiger partial charge in [-0.3, -0.25) is 0 Å². The molecule has 1 rings (SSSR count). The Kier molecular flexibility index (Phi) is 4.65. The van der Waals surface area contributed by atoms with Gasteiger partial charge in [0.25, 0.3) is 0 Å². The molecule has 0 radical (unpaired) electrons. The molecule has 0 heterocycles. The lowest BCUT2D eigenvalue weighted by Gasteiger charge is -2.16. The number of benzene rings is 1. The van der Waals surface area contributed by atoms with Crippen LogP contribution in [0, 0.1) is 11.6 Å². The van der Waals surface area contributed by atoms with E-state index in [1.807, 2.05) is 0 Å². The number of hydrogen-bond acceptors (Lipinski definition) is 2. The van der Waals surface area contributed by atoms with E-state index in [4.69, 9.17) is 5.11 Å². The zero-order valence-corrected chi connectivity index (χ0v) is 8.63. The molecule has 0 saturated heterocycles. The van der Waals surface area contributed by atoms with Crippen molar-refractivity contribution in [2.75, 3.05) is 13.7 Å². The molecule has 0 saturated carbocycles. The van der Waals surface area contributed by atoms with Crippen LogP contribution in [0.1, 0.15) is 24.4 Å².